The van der Waals surface area contributed by atoms with Crippen molar-refractivity contribution < 1.29 is 9.18 Å². The molecule has 0 bridgehead atoms. The van der Waals surface area contributed by atoms with Gasteiger partial charge in [0.05, 0.1) is 6.54 Å². The number of likely N-dealkylation sites (tertiary alicyclic amines) is 2. The molecule has 2 aliphatic rings. The maximum atomic E-state index is 13.5. The Kier molecular flexibility index (Phi) is 5.28. The number of piperidine rings is 1. The third kappa shape index (κ3) is 4.30. The van der Waals surface area contributed by atoms with Crippen LogP contribution in [0.2, 0.25) is 0 Å². The predicted molar refractivity (Wildman–Crippen MR) is 90.0 cm³/mol. The van der Waals surface area contributed by atoms with Gasteiger partial charge in [-0.2, -0.15) is 0 Å². The number of aryl methyl sites for hydroxylation is 1. The monoisotopic (exact) mass is 319 g/mol. The highest BCUT2D eigenvalue weighted by molar-refractivity contribution is 5.92. The highest BCUT2D eigenvalue weighted by Gasteiger charge is 2.29. The summed E-state index contributed by atoms with van der Waals surface area (Å²) in [6.07, 6.45) is 5.10. The van der Waals surface area contributed by atoms with Gasteiger partial charge in [0.15, 0.2) is 0 Å². The van der Waals surface area contributed by atoms with Crippen LogP contribution in [0.15, 0.2) is 18.2 Å². The van der Waals surface area contributed by atoms with E-state index in [9.17, 15) is 9.18 Å². The summed E-state index contributed by atoms with van der Waals surface area (Å²) in [5.41, 5.74) is 1.12. The highest BCUT2D eigenvalue weighted by Crippen LogP contribution is 2.20. The predicted octanol–water partition coefficient (Wildman–Crippen LogP) is 2.63. The maximum Gasteiger partial charge on any atom is 0.238 e. The average molecular weight is 319 g/mol. The minimum absolute atomic E-state index is 0.0625. The van der Waals surface area contributed by atoms with E-state index in [4.69, 9.17) is 0 Å². The lowest BCUT2D eigenvalue weighted by Crippen LogP contribution is -2.41. The van der Waals surface area contributed by atoms with Crippen molar-refractivity contribution in [3.05, 3.63) is 29.6 Å². The number of hydrogen-bond acceptors (Lipinski definition) is 3. The van der Waals surface area contributed by atoms with Crippen LogP contribution in [0.3, 0.4) is 0 Å². The highest BCUT2D eigenvalue weighted by atomic mass is 19.1. The Hall–Kier alpha value is -1.46. The van der Waals surface area contributed by atoms with Crippen LogP contribution in [0.1, 0.15) is 31.2 Å². The summed E-state index contributed by atoms with van der Waals surface area (Å²) >= 11 is 0. The molecule has 2 aliphatic heterocycles. The average Bonchev–Trinajstić information content (AvgIpc) is 3.00. The van der Waals surface area contributed by atoms with Crippen LogP contribution in [0.4, 0.5) is 10.1 Å². The van der Waals surface area contributed by atoms with Gasteiger partial charge in [-0.15, -0.1) is 0 Å². The molecule has 2 heterocycles. The Morgan fingerprint density at radius 1 is 1.26 bits per heavy atom. The normalized spacial score (nSPS) is 23.1. The molecule has 4 nitrogen and oxygen atoms in total. The van der Waals surface area contributed by atoms with E-state index in [-0.39, 0.29) is 11.7 Å². The molecule has 5 heteroatoms. The van der Waals surface area contributed by atoms with Gasteiger partial charge in [-0.05, 0) is 57.0 Å². The minimum Gasteiger partial charge on any atom is -0.325 e. The number of nitrogens with one attached hydrogen (secondary N) is 1. The van der Waals surface area contributed by atoms with Crippen LogP contribution in [0, 0.1) is 12.7 Å². The molecule has 2 saturated heterocycles. The third-order valence-corrected chi connectivity index (χ3v) is 4.98. The van der Waals surface area contributed by atoms with E-state index in [0.717, 1.165) is 19.5 Å². The maximum absolute atomic E-state index is 13.5. The molecular formula is C18H26FN3O. The molecule has 1 amide bonds. The van der Waals surface area contributed by atoms with Crippen LogP contribution in [0.25, 0.3) is 0 Å². The summed E-state index contributed by atoms with van der Waals surface area (Å²) in [5.74, 6) is -0.346. The number of anilines is 1. The van der Waals surface area contributed by atoms with Gasteiger partial charge in [-0.1, -0.05) is 12.5 Å². The molecule has 0 radical (unpaired) electrons. The fourth-order valence-corrected chi connectivity index (χ4v) is 3.61. The van der Waals surface area contributed by atoms with Gasteiger partial charge < -0.3 is 5.32 Å². The van der Waals surface area contributed by atoms with Gasteiger partial charge in [0.25, 0.3) is 0 Å². The third-order valence-electron chi connectivity index (χ3n) is 4.98. The largest absolute Gasteiger partial charge is 0.325 e. The second kappa shape index (κ2) is 7.41. The van der Waals surface area contributed by atoms with Crippen molar-refractivity contribution >= 4 is 11.6 Å². The van der Waals surface area contributed by atoms with E-state index >= 15 is 0 Å². The van der Waals surface area contributed by atoms with Crippen molar-refractivity contribution in [1.29, 1.82) is 0 Å². The Morgan fingerprint density at radius 3 is 2.78 bits per heavy atom. The van der Waals surface area contributed by atoms with Gasteiger partial charge in [-0.3, -0.25) is 14.6 Å². The molecule has 1 aromatic carbocycles. The van der Waals surface area contributed by atoms with E-state index in [1.54, 1.807) is 19.1 Å². The van der Waals surface area contributed by atoms with Gasteiger partial charge in [0, 0.05) is 24.8 Å². The first-order valence-electron chi connectivity index (χ1n) is 8.64. The Labute approximate surface area is 137 Å². The fourth-order valence-electron chi connectivity index (χ4n) is 3.61. The zero-order valence-corrected chi connectivity index (χ0v) is 13.9. The van der Waals surface area contributed by atoms with E-state index < -0.39 is 0 Å². The topological polar surface area (TPSA) is 35.6 Å². The van der Waals surface area contributed by atoms with E-state index in [2.05, 4.69) is 15.1 Å². The van der Waals surface area contributed by atoms with E-state index in [0.29, 0.717) is 23.8 Å². The zero-order valence-electron chi connectivity index (χ0n) is 13.9. The van der Waals surface area contributed by atoms with Crippen molar-refractivity contribution in [2.75, 3.05) is 38.0 Å². The summed E-state index contributed by atoms with van der Waals surface area (Å²) in [6, 6.07) is 5.41. The van der Waals surface area contributed by atoms with Crippen LogP contribution in [-0.4, -0.2) is 54.5 Å². The van der Waals surface area contributed by atoms with Crippen LogP contribution >= 0.6 is 0 Å². The molecule has 2 fully saturated rings. The van der Waals surface area contributed by atoms with E-state index in [1.165, 1.54) is 38.4 Å². The fraction of sp³-hybridized carbons (Fsp3) is 0.611. The number of carbonyl (C=O) groups is 1. The lowest BCUT2D eigenvalue weighted by Gasteiger charge is -2.32. The molecule has 1 aromatic rings. The van der Waals surface area contributed by atoms with Crippen molar-refractivity contribution in [1.82, 2.24) is 9.80 Å². The van der Waals surface area contributed by atoms with Crippen molar-refractivity contribution in [3.63, 3.8) is 0 Å². The summed E-state index contributed by atoms with van der Waals surface area (Å²) in [5, 5.41) is 2.80. The second-order valence-corrected chi connectivity index (χ2v) is 6.79. The van der Waals surface area contributed by atoms with Crippen molar-refractivity contribution in [2.24, 2.45) is 0 Å². The molecule has 3 rings (SSSR count). The molecule has 0 aromatic heterocycles. The van der Waals surface area contributed by atoms with E-state index in [1.807, 2.05) is 0 Å². The Balaban J connectivity index is 1.47. The van der Waals surface area contributed by atoms with Crippen molar-refractivity contribution in [3.8, 4) is 0 Å². The lowest BCUT2D eigenvalue weighted by atomic mass is 10.1. The standard InChI is InChI=1S/C18H26FN3O/c1-14-5-6-15(11-17(14)19)20-18(23)13-21-10-7-16(12-21)22-8-3-2-4-9-22/h5-6,11,16H,2-4,7-10,12-13H2,1H3,(H,20,23)/t16-/m0/s1. The van der Waals surface area contributed by atoms with Gasteiger partial charge in [0.2, 0.25) is 5.91 Å². The summed E-state index contributed by atoms with van der Waals surface area (Å²) < 4.78 is 13.5. The quantitative estimate of drug-likeness (QED) is 0.927. The smallest absolute Gasteiger partial charge is 0.238 e. The summed E-state index contributed by atoms with van der Waals surface area (Å²) in [4.78, 5) is 16.9. The minimum atomic E-state index is -0.283. The number of benzene rings is 1. The molecular weight excluding hydrogens is 293 g/mol. The van der Waals surface area contributed by atoms with Crippen LogP contribution < -0.4 is 5.32 Å². The first kappa shape index (κ1) is 16.4. The molecule has 0 unspecified atom stereocenters. The molecule has 1 atom stereocenters. The number of rotatable bonds is 4. The Morgan fingerprint density at radius 2 is 2.04 bits per heavy atom. The first-order valence-corrected chi connectivity index (χ1v) is 8.64. The first-order chi connectivity index (χ1) is 11.1. The number of amides is 1. The zero-order chi connectivity index (χ0) is 16.2. The summed E-state index contributed by atoms with van der Waals surface area (Å²) in [7, 11) is 0. The number of hydrogen-bond donors (Lipinski definition) is 1. The molecule has 0 spiro atoms. The van der Waals surface area contributed by atoms with Crippen LogP contribution in [0.5, 0.6) is 0 Å². The second-order valence-electron chi connectivity index (χ2n) is 6.79. The molecule has 1 N–H and O–H groups in total. The lowest BCUT2D eigenvalue weighted by molar-refractivity contribution is -0.117. The van der Waals surface area contributed by atoms with Gasteiger partial charge in [-0.25, -0.2) is 4.39 Å². The summed E-state index contributed by atoms with van der Waals surface area (Å²) in [6.45, 7) is 6.44. The van der Waals surface area contributed by atoms with Gasteiger partial charge >= 0.3 is 0 Å². The molecule has 0 saturated carbocycles. The van der Waals surface area contributed by atoms with Crippen molar-refractivity contribution in [2.45, 2.75) is 38.6 Å². The Bertz CT molecular complexity index is 557. The van der Waals surface area contributed by atoms with Gasteiger partial charge in [0.1, 0.15) is 5.82 Å². The van der Waals surface area contributed by atoms with Crippen LogP contribution in [-0.2, 0) is 4.79 Å². The molecule has 0 aliphatic carbocycles. The SMILES string of the molecule is Cc1ccc(NC(=O)CN2CC[C@H](N3CCCCC3)C2)cc1F. The number of carbonyl (C=O) groups excluding carboxylic acids is 1. The number of nitrogens with zero attached hydrogens (tertiary/aromatic N) is 2. The molecule has 23 heavy (non-hydrogen) atoms. The number of halogens is 1. The molecule has 126 valence electrons.